The van der Waals surface area contributed by atoms with Gasteiger partial charge in [0.15, 0.2) is 0 Å². The molecule has 0 bridgehead atoms. The number of primary amides is 1. The highest BCUT2D eigenvalue weighted by atomic mass is 32.1. The van der Waals surface area contributed by atoms with Gasteiger partial charge in [-0.2, -0.15) is 0 Å². The highest BCUT2D eigenvalue weighted by molar-refractivity contribution is 7.13. The Morgan fingerprint density at radius 1 is 1.12 bits per heavy atom. The van der Waals surface area contributed by atoms with Crippen LogP contribution < -0.4 is 22.1 Å². The van der Waals surface area contributed by atoms with Crippen LogP contribution >= 0.6 is 11.3 Å². The van der Waals surface area contributed by atoms with Crippen molar-refractivity contribution >= 4 is 35.0 Å². The average molecular weight is 697 g/mol. The molecular formula is C36H52N6O6S. The van der Waals surface area contributed by atoms with Gasteiger partial charge < -0.3 is 36.8 Å². The molecule has 7 N–H and O–H groups in total. The van der Waals surface area contributed by atoms with Crippen molar-refractivity contribution in [3.05, 3.63) is 41.0 Å². The Balaban J connectivity index is 1.43. The van der Waals surface area contributed by atoms with Gasteiger partial charge in [-0.3, -0.25) is 19.2 Å². The summed E-state index contributed by atoms with van der Waals surface area (Å²) in [6.07, 6.45) is 3.18. The minimum absolute atomic E-state index is 0.0242. The summed E-state index contributed by atoms with van der Waals surface area (Å²) in [4.78, 5) is 57.7. The lowest BCUT2D eigenvalue weighted by Crippen LogP contribution is -2.57. The molecule has 0 spiro atoms. The van der Waals surface area contributed by atoms with E-state index in [2.05, 4.69) is 27.5 Å². The van der Waals surface area contributed by atoms with Crippen LogP contribution in [0, 0.1) is 24.2 Å². The van der Waals surface area contributed by atoms with Gasteiger partial charge in [0, 0.05) is 44.8 Å². The Hall–Kier alpha value is -3.83. The molecule has 0 radical (unpaired) electrons. The van der Waals surface area contributed by atoms with Crippen LogP contribution in [0.15, 0.2) is 29.8 Å². The monoisotopic (exact) mass is 696 g/mol. The quantitative estimate of drug-likeness (QED) is 0.123. The van der Waals surface area contributed by atoms with Crippen LogP contribution in [0.4, 0.5) is 0 Å². The zero-order chi connectivity index (χ0) is 36.0. The lowest BCUT2D eigenvalue weighted by molar-refractivity contribution is -0.144. The highest BCUT2D eigenvalue weighted by Gasteiger charge is 2.44. The number of rotatable bonds is 17. The molecule has 1 aliphatic rings. The number of aliphatic hydroxyl groups excluding tert-OH is 1. The number of nitrogens with two attached hydrogens (primary N) is 2. The molecule has 3 rings (SSSR count). The van der Waals surface area contributed by atoms with Gasteiger partial charge in [-0.1, -0.05) is 57.4 Å². The number of likely N-dealkylation sites (tertiary alicyclic amines) is 1. The molecule has 0 saturated carbocycles. The third-order valence-electron chi connectivity index (χ3n) is 8.31. The number of β-amino-alcohol motifs (C(OH)–C–C–N with tert-alkyl or cyclic N) is 1. The molecule has 13 heteroatoms. The first-order valence-corrected chi connectivity index (χ1v) is 17.8. The Labute approximate surface area is 293 Å². The van der Waals surface area contributed by atoms with Crippen molar-refractivity contribution in [2.24, 2.45) is 16.9 Å². The van der Waals surface area contributed by atoms with Crippen molar-refractivity contribution in [3.63, 3.8) is 0 Å². The van der Waals surface area contributed by atoms with Gasteiger partial charge in [-0.15, -0.1) is 17.3 Å². The van der Waals surface area contributed by atoms with E-state index in [9.17, 15) is 24.3 Å². The fraction of sp³-hybridized carbons (Fsp3) is 0.583. The predicted octanol–water partition coefficient (Wildman–Crippen LogP) is 2.79. The van der Waals surface area contributed by atoms with Crippen LogP contribution in [0.2, 0.25) is 0 Å². The van der Waals surface area contributed by atoms with Gasteiger partial charge in [-0.25, -0.2) is 4.98 Å². The first-order valence-electron chi connectivity index (χ1n) is 16.9. The lowest BCUT2D eigenvalue weighted by atomic mass is 9.85. The van der Waals surface area contributed by atoms with E-state index in [0.717, 1.165) is 34.5 Å². The largest absolute Gasteiger partial charge is 0.391 e. The molecule has 2 aromatic rings. The molecule has 1 saturated heterocycles. The number of hydrogen-bond acceptors (Lipinski definition) is 9. The van der Waals surface area contributed by atoms with E-state index in [-0.39, 0.29) is 68.6 Å². The van der Waals surface area contributed by atoms with Crippen molar-refractivity contribution in [3.8, 4) is 22.3 Å². The summed E-state index contributed by atoms with van der Waals surface area (Å²) in [5.74, 6) is 4.64. The van der Waals surface area contributed by atoms with E-state index >= 15 is 0 Å². The van der Waals surface area contributed by atoms with Gasteiger partial charge in [0.1, 0.15) is 18.7 Å². The fourth-order valence-corrected chi connectivity index (χ4v) is 6.31. The molecule has 49 heavy (non-hydrogen) atoms. The summed E-state index contributed by atoms with van der Waals surface area (Å²) in [5, 5.41) is 16.3. The first kappa shape index (κ1) is 39.6. The zero-order valence-corrected chi connectivity index (χ0v) is 29.9. The number of nitrogens with one attached hydrogen (secondary N) is 2. The van der Waals surface area contributed by atoms with Gasteiger partial charge in [-0.05, 0) is 42.7 Å². The second-order valence-corrected chi connectivity index (χ2v) is 14.5. The number of hydrogen-bond donors (Lipinski definition) is 5. The summed E-state index contributed by atoms with van der Waals surface area (Å²) in [6.45, 7) is 8.44. The van der Waals surface area contributed by atoms with E-state index in [1.54, 1.807) is 11.3 Å². The van der Waals surface area contributed by atoms with Crippen molar-refractivity contribution < 1.29 is 29.0 Å². The summed E-state index contributed by atoms with van der Waals surface area (Å²) < 4.78 is 5.41. The molecule has 2 heterocycles. The van der Waals surface area contributed by atoms with Crippen molar-refractivity contribution in [1.29, 1.82) is 0 Å². The van der Waals surface area contributed by atoms with E-state index in [4.69, 9.17) is 16.2 Å². The standard InChI is InChI=1S/C36H52N6O6S/c1-24-32(49-23-40-24)26-14-12-25(13-15-26)20-39-34(46)29-19-28(43)21-42(29)35(47)33(36(2,3)4)41-31(45)11-9-7-5-6-8-10-18-48-22-27(37)16-17-30(38)44/h12-15,23,27-29,33,43H,5-7,9,11,16-22,37H2,1-4H3,(H2,38,44)(H,39,46)(H,41,45). The van der Waals surface area contributed by atoms with E-state index in [1.165, 1.54) is 4.90 Å². The van der Waals surface area contributed by atoms with E-state index < -0.39 is 23.6 Å². The normalized spacial score (nSPS) is 17.1. The number of benzene rings is 1. The maximum atomic E-state index is 13.8. The SMILES string of the molecule is Cc1ncsc1-c1ccc(CNC(=O)C2CC(O)CN2C(=O)C(NC(=O)CCCCCC#CCOCC(N)CCC(N)=O)C(C)(C)C)cc1. The Bertz CT molecular complexity index is 1460. The van der Waals surface area contributed by atoms with Crippen LogP contribution in [-0.2, 0) is 30.5 Å². The van der Waals surface area contributed by atoms with Crippen molar-refractivity contribution in [2.75, 3.05) is 19.8 Å². The van der Waals surface area contributed by atoms with Gasteiger partial charge in [0.25, 0.3) is 0 Å². The highest BCUT2D eigenvalue weighted by Crippen LogP contribution is 2.28. The number of nitrogens with zero attached hydrogens (tertiary/aromatic N) is 2. The van der Waals surface area contributed by atoms with Gasteiger partial charge in [0.05, 0.1) is 28.8 Å². The molecule has 4 amide bonds. The average Bonchev–Trinajstić information content (AvgIpc) is 3.66. The number of aliphatic hydroxyl groups is 1. The van der Waals surface area contributed by atoms with Crippen molar-refractivity contribution in [2.45, 2.75) is 110 Å². The molecule has 4 unspecified atom stereocenters. The molecule has 1 fully saturated rings. The van der Waals surface area contributed by atoms with Crippen LogP contribution in [0.5, 0.6) is 0 Å². The Morgan fingerprint density at radius 3 is 2.51 bits per heavy atom. The number of carbonyl (C=O) groups is 4. The molecule has 268 valence electrons. The summed E-state index contributed by atoms with van der Waals surface area (Å²) in [6, 6.07) is 5.94. The van der Waals surface area contributed by atoms with Crippen LogP contribution in [0.25, 0.3) is 10.4 Å². The number of aryl methyl sites for hydroxylation is 1. The second-order valence-electron chi connectivity index (χ2n) is 13.6. The number of thiazole rings is 1. The van der Waals surface area contributed by atoms with Gasteiger partial charge in [0.2, 0.25) is 23.6 Å². The molecular weight excluding hydrogens is 644 g/mol. The maximum Gasteiger partial charge on any atom is 0.246 e. The zero-order valence-electron chi connectivity index (χ0n) is 29.1. The van der Waals surface area contributed by atoms with Crippen LogP contribution in [-0.4, -0.2) is 82.6 Å². The molecule has 1 aromatic carbocycles. The number of amides is 4. The minimum atomic E-state index is -0.863. The molecule has 1 aromatic heterocycles. The number of aromatic nitrogens is 1. The number of unbranched alkanes of at least 4 members (excludes halogenated alkanes) is 3. The van der Waals surface area contributed by atoms with Crippen molar-refractivity contribution in [1.82, 2.24) is 20.5 Å². The summed E-state index contributed by atoms with van der Waals surface area (Å²) in [5.41, 5.74) is 15.1. The Morgan fingerprint density at radius 2 is 1.86 bits per heavy atom. The Kier molecular flexibility index (Phi) is 15.7. The molecule has 4 atom stereocenters. The third kappa shape index (κ3) is 13.2. The summed E-state index contributed by atoms with van der Waals surface area (Å²) in [7, 11) is 0. The minimum Gasteiger partial charge on any atom is -0.391 e. The number of ether oxygens (including phenoxy) is 1. The van der Waals surface area contributed by atoms with E-state index in [1.807, 2.05) is 57.5 Å². The smallest absolute Gasteiger partial charge is 0.246 e. The summed E-state index contributed by atoms with van der Waals surface area (Å²) >= 11 is 1.58. The maximum absolute atomic E-state index is 13.8. The topological polar surface area (TPSA) is 190 Å². The molecule has 1 aliphatic heterocycles. The first-order chi connectivity index (χ1) is 23.3. The van der Waals surface area contributed by atoms with E-state index in [0.29, 0.717) is 25.9 Å². The lowest BCUT2D eigenvalue weighted by Gasteiger charge is -2.35. The second kappa shape index (κ2) is 19.4. The molecule has 12 nitrogen and oxygen atoms in total. The molecule has 0 aliphatic carbocycles. The van der Waals surface area contributed by atoms with Crippen LogP contribution in [0.1, 0.15) is 83.4 Å². The fourth-order valence-electron chi connectivity index (χ4n) is 5.50. The van der Waals surface area contributed by atoms with Gasteiger partial charge >= 0.3 is 0 Å². The number of carbonyl (C=O) groups excluding carboxylic acids is 4. The third-order valence-corrected chi connectivity index (χ3v) is 9.29. The predicted molar refractivity (Wildman–Crippen MR) is 190 cm³/mol. The van der Waals surface area contributed by atoms with Crippen LogP contribution in [0.3, 0.4) is 0 Å².